The predicted molar refractivity (Wildman–Crippen MR) is 152 cm³/mol. The number of nitrogens with two attached hydrogens (primary N) is 1. The molecule has 0 radical (unpaired) electrons. The second kappa shape index (κ2) is 21.2. The molecule has 8 heteroatoms. The van der Waals surface area contributed by atoms with E-state index in [4.69, 9.17) is 14.6 Å². The van der Waals surface area contributed by atoms with E-state index in [2.05, 4.69) is 16.4 Å². The molecule has 38 heavy (non-hydrogen) atoms. The van der Waals surface area contributed by atoms with E-state index in [0.717, 1.165) is 58.0 Å². The van der Waals surface area contributed by atoms with Gasteiger partial charge in [-0.15, -0.1) is 0 Å². The zero-order chi connectivity index (χ0) is 28.0. The Morgan fingerprint density at radius 3 is 1.66 bits per heavy atom. The number of aliphatic hydroxyl groups excluding tert-OH is 1. The van der Waals surface area contributed by atoms with Gasteiger partial charge in [0.15, 0.2) is 0 Å². The van der Waals surface area contributed by atoms with E-state index in [1.165, 1.54) is 90.4 Å². The molecule has 0 bridgehead atoms. The molecule has 2 rings (SSSR count). The van der Waals surface area contributed by atoms with Crippen LogP contribution in [0.3, 0.4) is 0 Å². The number of rotatable bonds is 25. The van der Waals surface area contributed by atoms with Gasteiger partial charge in [-0.1, -0.05) is 89.9 Å². The van der Waals surface area contributed by atoms with Crippen molar-refractivity contribution in [3.8, 4) is 0 Å². The van der Waals surface area contributed by atoms with Crippen LogP contribution in [0, 0.1) is 5.41 Å². The van der Waals surface area contributed by atoms with E-state index in [-0.39, 0.29) is 35.8 Å². The minimum absolute atomic E-state index is 0.0661. The van der Waals surface area contributed by atoms with Crippen LogP contribution in [-0.4, -0.2) is 55.2 Å². The second-order valence-electron chi connectivity index (χ2n) is 11.3. The molecule has 0 aromatic heterocycles. The molecule has 2 aliphatic carbocycles. The van der Waals surface area contributed by atoms with Crippen LogP contribution in [0.1, 0.15) is 135 Å². The highest BCUT2D eigenvalue weighted by molar-refractivity contribution is 5.93. The standard InChI is InChI=1S/C29H54N2O4.CH3NO/c1-26(33)35-23-19-15-11-9-7-5-3-2-4-6-8-10-12-17-21-31-29-24-28(29,25-29)27(34)30-20-16-13-14-18-22-32;2-1-3/h31-32H,2-25H2,1H3,(H,30,34);1H,(H2,2,3). The summed E-state index contributed by atoms with van der Waals surface area (Å²) in [6.45, 7) is 4.16. The molecule has 0 aliphatic heterocycles. The van der Waals surface area contributed by atoms with Crippen LogP contribution in [0.4, 0.5) is 0 Å². The van der Waals surface area contributed by atoms with Gasteiger partial charge in [0.25, 0.3) is 0 Å². The Kier molecular flexibility index (Phi) is 19.2. The smallest absolute Gasteiger partial charge is 0.302 e. The molecule has 2 saturated carbocycles. The second-order valence-corrected chi connectivity index (χ2v) is 11.3. The average Bonchev–Trinajstić information content (AvgIpc) is 3.73. The Labute approximate surface area is 231 Å². The summed E-state index contributed by atoms with van der Waals surface area (Å²) in [5.41, 5.74) is 4.25. The first-order valence-corrected chi connectivity index (χ1v) is 15.4. The molecule has 0 atom stereocenters. The van der Waals surface area contributed by atoms with Gasteiger partial charge in [-0.25, -0.2) is 0 Å². The van der Waals surface area contributed by atoms with Gasteiger partial charge < -0.3 is 26.2 Å². The number of primary amides is 1. The molecule has 0 heterocycles. The first-order valence-electron chi connectivity index (χ1n) is 15.4. The summed E-state index contributed by atoms with van der Waals surface area (Å²) in [6, 6.07) is 0. The third kappa shape index (κ3) is 14.5. The van der Waals surface area contributed by atoms with Crippen molar-refractivity contribution in [1.82, 2.24) is 10.6 Å². The van der Waals surface area contributed by atoms with Crippen LogP contribution in [-0.2, 0) is 19.1 Å². The summed E-state index contributed by atoms with van der Waals surface area (Å²) >= 11 is 0. The monoisotopic (exact) mass is 539 g/mol. The first kappa shape index (κ1) is 34.4. The number of hydrogen-bond donors (Lipinski definition) is 4. The van der Waals surface area contributed by atoms with Gasteiger partial charge in [-0.3, -0.25) is 14.4 Å². The van der Waals surface area contributed by atoms with E-state index in [1.54, 1.807) is 0 Å². The molecule has 2 amide bonds. The van der Waals surface area contributed by atoms with Gasteiger partial charge in [0, 0.05) is 25.6 Å². The number of aliphatic hydroxyl groups is 1. The molecule has 2 fully saturated rings. The van der Waals surface area contributed by atoms with Crippen molar-refractivity contribution in [2.75, 3.05) is 26.3 Å². The average molecular weight is 540 g/mol. The number of ether oxygens (including phenoxy) is 1. The van der Waals surface area contributed by atoms with Crippen LogP contribution >= 0.6 is 0 Å². The lowest BCUT2D eigenvalue weighted by molar-refractivity contribution is -0.141. The van der Waals surface area contributed by atoms with Gasteiger partial charge in [0.2, 0.25) is 12.3 Å². The number of unbranched alkanes of at least 4 members (excludes halogenated alkanes) is 16. The Bertz CT molecular complexity index is 637. The Balaban J connectivity index is 0.00000229. The van der Waals surface area contributed by atoms with Gasteiger partial charge in [-0.2, -0.15) is 0 Å². The fourth-order valence-electron chi connectivity index (χ4n) is 5.42. The number of amides is 2. The van der Waals surface area contributed by atoms with Gasteiger partial charge in [0.1, 0.15) is 0 Å². The Hall–Kier alpha value is -1.67. The van der Waals surface area contributed by atoms with Crippen molar-refractivity contribution in [2.24, 2.45) is 11.1 Å². The lowest BCUT2D eigenvalue weighted by atomic mass is 10.0. The molecule has 222 valence electrons. The summed E-state index contributed by atoms with van der Waals surface area (Å²) in [4.78, 5) is 31.7. The van der Waals surface area contributed by atoms with Crippen molar-refractivity contribution in [3.63, 3.8) is 0 Å². The van der Waals surface area contributed by atoms with Gasteiger partial charge in [-0.05, 0) is 45.1 Å². The molecule has 0 spiro atoms. The topological polar surface area (TPSA) is 131 Å². The Morgan fingerprint density at radius 1 is 0.763 bits per heavy atom. The van der Waals surface area contributed by atoms with E-state index < -0.39 is 0 Å². The zero-order valence-corrected chi connectivity index (χ0v) is 24.2. The number of fused-ring (bicyclic) bond motifs is 1. The lowest BCUT2D eigenvalue weighted by Crippen LogP contribution is -2.30. The number of nitrogens with one attached hydrogen (secondary N) is 2. The Morgan fingerprint density at radius 2 is 1.18 bits per heavy atom. The van der Waals surface area contributed by atoms with Crippen molar-refractivity contribution in [3.05, 3.63) is 0 Å². The summed E-state index contributed by atoms with van der Waals surface area (Å²) in [7, 11) is 0. The molecule has 0 aromatic carbocycles. The number of esters is 1. The maximum atomic E-state index is 12.5. The van der Waals surface area contributed by atoms with Crippen LogP contribution in [0.5, 0.6) is 0 Å². The summed E-state index contributed by atoms with van der Waals surface area (Å²) < 4.78 is 4.95. The molecule has 0 aromatic rings. The molecular formula is C30H57N3O5. The lowest BCUT2D eigenvalue weighted by Gasteiger charge is -2.06. The highest BCUT2D eigenvalue weighted by Gasteiger charge is 2.86. The minimum atomic E-state index is -0.166. The number of carbonyl (C=O) groups excluding carboxylic acids is 3. The molecule has 5 N–H and O–H groups in total. The van der Waals surface area contributed by atoms with E-state index in [9.17, 15) is 9.59 Å². The van der Waals surface area contributed by atoms with Crippen molar-refractivity contribution in [2.45, 2.75) is 141 Å². The highest BCUT2D eigenvalue weighted by atomic mass is 16.5. The quantitative estimate of drug-likeness (QED) is 0.0741. The minimum Gasteiger partial charge on any atom is -0.466 e. The largest absolute Gasteiger partial charge is 0.466 e. The fourth-order valence-corrected chi connectivity index (χ4v) is 5.42. The first-order chi connectivity index (χ1) is 18.5. The summed E-state index contributed by atoms with van der Waals surface area (Å²) in [5.74, 6) is 0.101. The highest BCUT2D eigenvalue weighted by Crippen LogP contribution is 2.78. The molecular weight excluding hydrogens is 482 g/mol. The van der Waals surface area contributed by atoms with Crippen molar-refractivity contribution < 1.29 is 24.2 Å². The third-order valence-electron chi connectivity index (χ3n) is 8.02. The number of hydrogen-bond acceptors (Lipinski definition) is 6. The van der Waals surface area contributed by atoms with E-state index in [1.807, 2.05) is 0 Å². The molecule has 0 unspecified atom stereocenters. The third-order valence-corrected chi connectivity index (χ3v) is 8.02. The van der Waals surface area contributed by atoms with Crippen LogP contribution in [0.25, 0.3) is 0 Å². The maximum absolute atomic E-state index is 12.5. The number of carbonyl (C=O) groups is 3. The predicted octanol–water partition coefficient (Wildman–Crippen LogP) is 4.90. The van der Waals surface area contributed by atoms with Gasteiger partial charge >= 0.3 is 5.97 Å². The molecule has 0 saturated heterocycles. The SMILES string of the molecule is CC(=O)OCCCCCCCCCCCCCCCCNC12CC1(C(=O)NCCCCCCO)C2.NC=O. The zero-order valence-electron chi connectivity index (χ0n) is 24.2. The maximum Gasteiger partial charge on any atom is 0.302 e. The van der Waals surface area contributed by atoms with Crippen LogP contribution < -0.4 is 16.4 Å². The van der Waals surface area contributed by atoms with Crippen LogP contribution in [0.15, 0.2) is 0 Å². The molecule has 8 nitrogen and oxygen atoms in total. The van der Waals surface area contributed by atoms with Crippen molar-refractivity contribution >= 4 is 18.3 Å². The molecule has 2 aliphatic rings. The van der Waals surface area contributed by atoms with Gasteiger partial charge in [0.05, 0.1) is 12.0 Å². The van der Waals surface area contributed by atoms with E-state index in [0.29, 0.717) is 6.61 Å². The van der Waals surface area contributed by atoms with E-state index >= 15 is 0 Å². The van der Waals surface area contributed by atoms with Crippen molar-refractivity contribution in [1.29, 1.82) is 0 Å². The fraction of sp³-hybridized carbons (Fsp3) is 0.900. The summed E-state index contributed by atoms with van der Waals surface area (Å²) in [6.07, 6.45) is 24.5. The van der Waals surface area contributed by atoms with Crippen LogP contribution in [0.2, 0.25) is 0 Å². The normalized spacial score (nSPS) is 20.6. The summed E-state index contributed by atoms with van der Waals surface area (Å²) in [5, 5.41) is 15.6.